The average Bonchev–Trinajstić information content (AvgIpc) is 2.79. The van der Waals surface area contributed by atoms with Gasteiger partial charge >= 0.3 is 0 Å². The fourth-order valence-electron chi connectivity index (χ4n) is 1.59. The molecule has 0 amide bonds. The normalized spacial score (nSPS) is 10.5. The highest BCUT2D eigenvalue weighted by atomic mass is 32.1. The number of rotatable bonds is 5. The maximum absolute atomic E-state index is 5.52. The first-order valence-electron chi connectivity index (χ1n) is 5.71. The fourth-order valence-corrected chi connectivity index (χ4v) is 2.42. The van der Waals surface area contributed by atoms with Crippen molar-refractivity contribution in [1.82, 2.24) is 4.98 Å². The summed E-state index contributed by atoms with van der Waals surface area (Å²) >= 11 is 1.66. The van der Waals surface area contributed by atoms with Crippen LogP contribution in [0.15, 0.2) is 29.6 Å². The molecule has 0 atom stereocenters. The number of benzene rings is 1. The van der Waals surface area contributed by atoms with Crippen LogP contribution in [-0.2, 0) is 6.42 Å². The van der Waals surface area contributed by atoms with Crippen LogP contribution in [0.3, 0.4) is 0 Å². The van der Waals surface area contributed by atoms with Gasteiger partial charge in [0.25, 0.3) is 0 Å². The van der Waals surface area contributed by atoms with Crippen molar-refractivity contribution in [3.05, 3.63) is 34.7 Å². The Balaban J connectivity index is 2.22. The van der Waals surface area contributed by atoms with Crippen molar-refractivity contribution < 1.29 is 4.74 Å². The maximum Gasteiger partial charge on any atom is 0.119 e. The molecule has 3 nitrogen and oxygen atoms in total. The van der Waals surface area contributed by atoms with Crippen molar-refractivity contribution in [1.29, 1.82) is 0 Å². The Kier molecular flexibility index (Phi) is 4.12. The number of hydrogen-bond donors (Lipinski definition) is 1. The molecule has 0 bridgehead atoms. The van der Waals surface area contributed by atoms with Gasteiger partial charge in [0.05, 0.1) is 17.3 Å². The van der Waals surface area contributed by atoms with Crippen LogP contribution in [0.5, 0.6) is 5.75 Å². The molecule has 0 radical (unpaired) electrons. The summed E-state index contributed by atoms with van der Waals surface area (Å²) in [5.74, 6) is 0.887. The summed E-state index contributed by atoms with van der Waals surface area (Å²) in [6, 6.07) is 8.01. The van der Waals surface area contributed by atoms with Crippen LogP contribution >= 0.6 is 11.3 Å². The first kappa shape index (κ1) is 12.1. The minimum atomic E-state index is 0.645. The standard InChI is InChI=1S/C13H16N2OS/c1-2-16-11-5-3-4-10(8-11)12-9-17-13(15-12)6-7-14/h3-5,8-9H,2,6-7,14H2,1H3. The summed E-state index contributed by atoms with van der Waals surface area (Å²) < 4.78 is 5.48. The molecule has 0 aliphatic rings. The van der Waals surface area contributed by atoms with Crippen molar-refractivity contribution in [3.8, 4) is 17.0 Å². The van der Waals surface area contributed by atoms with E-state index in [1.807, 2.05) is 31.2 Å². The third kappa shape index (κ3) is 3.05. The van der Waals surface area contributed by atoms with Gasteiger partial charge in [-0.3, -0.25) is 0 Å². The van der Waals surface area contributed by atoms with Crippen molar-refractivity contribution in [2.24, 2.45) is 5.73 Å². The average molecular weight is 248 g/mol. The van der Waals surface area contributed by atoms with E-state index in [1.165, 1.54) is 0 Å². The van der Waals surface area contributed by atoms with Crippen LogP contribution in [0.2, 0.25) is 0 Å². The fraction of sp³-hybridized carbons (Fsp3) is 0.308. The molecule has 1 aromatic carbocycles. The summed E-state index contributed by atoms with van der Waals surface area (Å²) in [4.78, 5) is 4.55. The van der Waals surface area contributed by atoms with Crippen molar-refractivity contribution in [2.45, 2.75) is 13.3 Å². The maximum atomic E-state index is 5.52. The number of nitrogens with two attached hydrogens (primary N) is 1. The van der Waals surface area contributed by atoms with Crippen LogP contribution < -0.4 is 10.5 Å². The molecule has 0 spiro atoms. The van der Waals surface area contributed by atoms with Gasteiger partial charge in [0.15, 0.2) is 0 Å². The highest BCUT2D eigenvalue weighted by Gasteiger charge is 2.05. The van der Waals surface area contributed by atoms with E-state index in [2.05, 4.69) is 10.4 Å². The zero-order chi connectivity index (χ0) is 12.1. The Hall–Kier alpha value is -1.39. The summed E-state index contributed by atoms with van der Waals surface area (Å²) in [5, 5.41) is 3.15. The van der Waals surface area contributed by atoms with Gasteiger partial charge in [-0.15, -0.1) is 11.3 Å². The van der Waals surface area contributed by atoms with Gasteiger partial charge in [-0.25, -0.2) is 4.98 Å². The smallest absolute Gasteiger partial charge is 0.119 e. The van der Waals surface area contributed by atoms with Crippen molar-refractivity contribution in [2.75, 3.05) is 13.2 Å². The Morgan fingerprint density at radius 1 is 1.41 bits per heavy atom. The molecule has 2 aromatic rings. The summed E-state index contributed by atoms with van der Waals surface area (Å²) in [6.07, 6.45) is 0.843. The minimum absolute atomic E-state index is 0.645. The molecule has 0 saturated carbocycles. The van der Waals surface area contributed by atoms with Gasteiger partial charge < -0.3 is 10.5 Å². The summed E-state index contributed by atoms with van der Waals surface area (Å²) in [7, 11) is 0. The lowest BCUT2D eigenvalue weighted by Gasteiger charge is -2.04. The van der Waals surface area contributed by atoms with Gasteiger partial charge in [0.2, 0.25) is 0 Å². The third-order valence-electron chi connectivity index (χ3n) is 2.35. The highest BCUT2D eigenvalue weighted by Crippen LogP contribution is 2.25. The minimum Gasteiger partial charge on any atom is -0.494 e. The van der Waals surface area contributed by atoms with Gasteiger partial charge in [0.1, 0.15) is 5.75 Å². The van der Waals surface area contributed by atoms with Crippen molar-refractivity contribution in [3.63, 3.8) is 0 Å². The molecule has 1 heterocycles. The number of ether oxygens (including phenoxy) is 1. The lowest BCUT2D eigenvalue weighted by molar-refractivity contribution is 0.340. The lowest BCUT2D eigenvalue weighted by atomic mass is 10.1. The number of hydrogen-bond acceptors (Lipinski definition) is 4. The quantitative estimate of drug-likeness (QED) is 0.885. The number of nitrogens with zero attached hydrogens (tertiary/aromatic N) is 1. The summed E-state index contributed by atoms with van der Waals surface area (Å²) in [6.45, 7) is 3.31. The van der Waals surface area contributed by atoms with Crippen LogP contribution in [-0.4, -0.2) is 18.1 Å². The predicted octanol–water partition coefficient (Wildman–Crippen LogP) is 2.71. The lowest BCUT2D eigenvalue weighted by Crippen LogP contribution is -2.01. The first-order valence-corrected chi connectivity index (χ1v) is 6.59. The molecule has 0 aliphatic carbocycles. The van der Waals surface area contributed by atoms with E-state index in [9.17, 15) is 0 Å². The van der Waals surface area contributed by atoms with Crippen LogP contribution in [0.25, 0.3) is 11.3 Å². The Bertz CT molecular complexity index is 482. The molecule has 1 aromatic heterocycles. The zero-order valence-electron chi connectivity index (χ0n) is 9.85. The van der Waals surface area contributed by atoms with Crippen LogP contribution in [0.1, 0.15) is 11.9 Å². The van der Waals surface area contributed by atoms with E-state index in [4.69, 9.17) is 10.5 Å². The van der Waals surface area contributed by atoms with Gasteiger partial charge in [-0.1, -0.05) is 12.1 Å². The Morgan fingerprint density at radius 2 is 2.29 bits per heavy atom. The van der Waals surface area contributed by atoms with E-state index >= 15 is 0 Å². The molecule has 2 rings (SSSR count). The second-order valence-electron chi connectivity index (χ2n) is 3.63. The Labute approximate surface area is 105 Å². The zero-order valence-corrected chi connectivity index (χ0v) is 10.7. The second kappa shape index (κ2) is 5.80. The largest absolute Gasteiger partial charge is 0.494 e. The first-order chi connectivity index (χ1) is 8.33. The van der Waals surface area contributed by atoms with E-state index < -0.39 is 0 Å². The number of thiazole rings is 1. The monoisotopic (exact) mass is 248 g/mol. The highest BCUT2D eigenvalue weighted by molar-refractivity contribution is 7.09. The molecular formula is C13H16N2OS. The van der Waals surface area contributed by atoms with E-state index in [0.717, 1.165) is 28.4 Å². The summed E-state index contributed by atoms with van der Waals surface area (Å²) in [5.41, 5.74) is 7.61. The molecule has 0 saturated heterocycles. The topological polar surface area (TPSA) is 48.1 Å². The predicted molar refractivity (Wildman–Crippen MR) is 71.5 cm³/mol. The molecule has 0 aliphatic heterocycles. The van der Waals surface area contributed by atoms with E-state index in [1.54, 1.807) is 11.3 Å². The van der Waals surface area contributed by atoms with Crippen molar-refractivity contribution >= 4 is 11.3 Å². The van der Waals surface area contributed by atoms with Crippen LogP contribution in [0.4, 0.5) is 0 Å². The van der Waals surface area contributed by atoms with Gasteiger partial charge in [-0.05, 0) is 25.6 Å². The number of aromatic nitrogens is 1. The SMILES string of the molecule is CCOc1cccc(-c2csc(CCN)n2)c1. The third-order valence-corrected chi connectivity index (χ3v) is 3.26. The molecular weight excluding hydrogens is 232 g/mol. The molecule has 0 unspecified atom stereocenters. The molecule has 90 valence electrons. The van der Waals surface area contributed by atoms with E-state index in [-0.39, 0.29) is 0 Å². The van der Waals surface area contributed by atoms with E-state index in [0.29, 0.717) is 13.2 Å². The Morgan fingerprint density at radius 3 is 3.06 bits per heavy atom. The molecule has 0 fully saturated rings. The van der Waals surface area contributed by atoms with Gasteiger partial charge in [0, 0.05) is 17.4 Å². The molecule has 4 heteroatoms. The molecule has 2 N–H and O–H groups in total. The van der Waals surface area contributed by atoms with Gasteiger partial charge in [-0.2, -0.15) is 0 Å². The van der Waals surface area contributed by atoms with Crippen LogP contribution in [0, 0.1) is 0 Å². The second-order valence-corrected chi connectivity index (χ2v) is 4.57. The molecule has 17 heavy (non-hydrogen) atoms.